The highest BCUT2D eigenvalue weighted by Crippen LogP contribution is 2.13. The molecule has 0 aliphatic heterocycles. The van der Waals surface area contributed by atoms with E-state index >= 15 is 0 Å². The molecule has 0 aromatic carbocycles. The quantitative estimate of drug-likeness (QED) is 0.0335. The lowest BCUT2D eigenvalue weighted by molar-refractivity contribution is -0.136. The summed E-state index contributed by atoms with van der Waals surface area (Å²) in [5.41, 5.74) is 22.3. The number of primary amides is 1. The molecule has 0 bridgehead atoms. The van der Waals surface area contributed by atoms with E-state index in [0.29, 0.717) is 51.7 Å². The van der Waals surface area contributed by atoms with Crippen molar-refractivity contribution in [2.75, 3.05) is 19.6 Å². The summed E-state index contributed by atoms with van der Waals surface area (Å²) in [6, 6.07) is -9.93. The van der Waals surface area contributed by atoms with Gasteiger partial charge in [0.1, 0.15) is 54.4 Å². The molecule has 0 aromatic rings. The van der Waals surface area contributed by atoms with Crippen molar-refractivity contribution < 1.29 is 47.9 Å². The maximum atomic E-state index is 13.9. The van der Waals surface area contributed by atoms with Gasteiger partial charge < -0.3 is 70.8 Å². The first-order chi connectivity index (χ1) is 33.7. The van der Waals surface area contributed by atoms with Gasteiger partial charge in [-0.05, 0) is 136 Å². The molecule has 10 unspecified atom stereocenters. The van der Waals surface area contributed by atoms with Gasteiger partial charge in [-0.25, -0.2) is 0 Å². The highest BCUT2D eigenvalue weighted by Gasteiger charge is 2.34. The average Bonchev–Trinajstić information content (AvgIpc) is 3.29. The zero-order chi connectivity index (χ0) is 55.2. The molecule has 0 rings (SSSR count). The van der Waals surface area contributed by atoms with E-state index in [-0.39, 0.29) is 61.7 Å². The third-order valence-electron chi connectivity index (χ3n) is 11.8. The lowest BCUT2D eigenvalue weighted by Gasteiger charge is -2.28. The van der Waals surface area contributed by atoms with E-state index in [9.17, 15) is 47.9 Å². The molecule has 23 heteroatoms. The Hall–Kier alpha value is -5.42. The Bertz CT molecular complexity index is 1750. The van der Waals surface area contributed by atoms with Gasteiger partial charge in [0.15, 0.2) is 0 Å². The second-order valence-corrected chi connectivity index (χ2v) is 20.3. The van der Waals surface area contributed by atoms with Crippen molar-refractivity contribution in [3.05, 3.63) is 0 Å². The Kier molecular flexibility index (Phi) is 33.0. The number of carbonyl (C=O) groups is 10. The maximum absolute atomic E-state index is 13.9. The molecule has 72 heavy (non-hydrogen) atoms. The largest absolute Gasteiger partial charge is 0.368 e. The fraction of sp³-hybridized carbons (Fsp3) is 0.796. The number of amides is 10. The molecule has 17 N–H and O–H groups in total. The second-order valence-electron chi connectivity index (χ2n) is 20.3. The van der Waals surface area contributed by atoms with Crippen molar-refractivity contribution in [2.24, 2.45) is 46.6 Å². The van der Waals surface area contributed by atoms with Crippen LogP contribution in [0.1, 0.15) is 153 Å². The van der Waals surface area contributed by atoms with Gasteiger partial charge in [-0.2, -0.15) is 0 Å². The Morgan fingerprint density at radius 2 is 0.556 bits per heavy atom. The van der Waals surface area contributed by atoms with Crippen LogP contribution in [0.3, 0.4) is 0 Å². The van der Waals surface area contributed by atoms with Gasteiger partial charge in [0, 0.05) is 5.92 Å². The molecule has 0 radical (unpaired) electrons. The molecule has 0 aliphatic carbocycles. The van der Waals surface area contributed by atoms with Crippen LogP contribution in [0.4, 0.5) is 0 Å². The van der Waals surface area contributed by atoms with Crippen molar-refractivity contribution in [3.63, 3.8) is 0 Å². The minimum absolute atomic E-state index is 0.0436. The normalized spacial score (nSPS) is 15.5. The first-order valence-corrected chi connectivity index (χ1v) is 25.8. The molecule has 0 fully saturated rings. The number of carbonyl (C=O) groups excluding carboxylic acids is 10. The van der Waals surface area contributed by atoms with E-state index in [0.717, 1.165) is 12.8 Å². The van der Waals surface area contributed by atoms with E-state index in [4.69, 9.17) is 22.9 Å². The molecule has 414 valence electrons. The van der Waals surface area contributed by atoms with Gasteiger partial charge in [-0.3, -0.25) is 47.9 Å². The fourth-order valence-electron chi connectivity index (χ4n) is 7.36. The summed E-state index contributed by atoms with van der Waals surface area (Å²) in [7, 11) is 0. The summed E-state index contributed by atoms with van der Waals surface area (Å²) in [4.78, 5) is 133. The third-order valence-corrected chi connectivity index (χ3v) is 11.8. The first-order valence-electron chi connectivity index (χ1n) is 25.8. The Labute approximate surface area is 427 Å². The van der Waals surface area contributed by atoms with Crippen LogP contribution in [0.25, 0.3) is 0 Å². The highest BCUT2D eigenvalue weighted by molar-refractivity contribution is 5.98. The molecular formula is C49H93N13O10. The van der Waals surface area contributed by atoms with Crippen LogP contribution < -0.4 is 70.8 Å². The van der Waals surface area contributed by atoms with Crippen LogP contribution in [-0.2, 0) is 47.9 Å². The Morgan fingerprint density at radius 3 is 0.903 bits per heavy atom. The Morgan fingerprint density at radius 1 is 0.306 bits per heavy atom. The average molecular weight is 1020 g/mol. The van der Waals surface area contributed by atoms with Crippen molar-refractivity contribution in [1.82, 2.24) is 47.9 Å². The van der Waals surface area contributed by atoms with Gasteiger partial charge in [-0.15, -0.1) is 0 Å². The van der Waals surface area contributed by atoms with E-state index < -0.39 is 108 Å². The summed E-state index contributed by atoms with van der Waals surface area (Å²) in [5.74, 6) is -7.00. The van der Waals surface area contributed by atoms with Crippen LogP contribution in [0.15, 0.2) is 0 Å². The van der Waals surface area contributed by atoms with Crippen LogP contribution in [0, 0.1) is 23.7 Å². The SMILES string of the molecule is CC(C)CC(NC(=O)C(C)NC(=O)C(C)CCCCN)C(=O)NC(CCCCN)C(=O)NC(C)C(=O)NC(C)C(=O)NC(CC(C)C)C(=O)NC(CCCCN)C(=O)NC(CC(C)C)C(=O)NC(C)C(N)=O. The monoisotopic (exact) mass is 1020 g/mol. The lowest BCUT2D eigenvalue weighted by atomic mass is 10.00. The third kappa shape index (κ3) is 27.4. The van der Waals surface area contributed by atoms with Crippen LogP contribution in [0.5, 0.6) is 0 Å². The van der Waals surface area contributed by atoms with Gasteiger partial charge in [0.05, 0.1) is 0 Å². The minimum atomic E-state index is -1.21. The molecular weight excluding hydrogens is 931 g/mol. The molecule has 10 atom stereocenters. The maximum Gasteiger partial charge on any atom is 0.243 e. The minimum Gasteiger partial charge on any atom is -0.368 e. The first kappa shape index (κ1) is 66.6. The Balaban J connectivity index is 6.07. The van der Waals surface area contributed by atoms with E-state index in [2.05, 4.69) is 47.9 Å². The van der Waals surface area contributed by atoms with Gasteiger partial charge in [-0.1, -0.05) is 54.9 Å². The summed E-state index contributed by atoms with van der Waals surface area (Å²) in [6.45, 7) is 19.7. The summed E-state index contributed by atoms with van der Waals surface area (Å²) < 4.78 is 0. The van der Waals surface area contributed by atoms with Crippen LogP contribution in [0.2, 0.25) is 0 Å². The van der Waals surface area contributed by atoms with Crippen LogP contribution in [-0.4, -0.2) is 133 Å². The smallest absolute Gasteiger partial charge is 0.243 e. The molecule has 10 amide bonds. The molecule has 0 spiro atoms. The predicted molar refractivity (Wildman–Crippen MR) is 276 cm³/mol. The number of hydrogen-bond donors (Lipinski definition) is 13. The van der Waals surface area contributed by atoms with Crippen molar-refractivity contribution >= 4 is 59.1 Å². The summed E-state index contributed by atoms with van der Waals surface area (Å²) >= 11 is 0. The summed E-state index contributed by atoms with van der Waals surface area (Å²) in [6.07, 6.45) is 4.99. The number of unbranched alkanes of at least 4 members (excludes halogenated alkanes) is 3. The zero-order valence-corrected chi connectivity index (χ0v) is 45.0. The fourth-order valence-corrected chi connectivity index (χ4v) is 7.36. The standard InChI is InChI=1S/C49H93N13O10/c1-27(2)24-37(47(70)54-31(8)40(53)63)62-46(69)36(20-14-17-23-52)59-49(72)39(26-29(5)6)61-44(67)34(11)56-42(65)32(9)57-45(68)35(19-13-16-22-51)58-48(71)38(25-28(3)4)60-43(66)33(10)55-41(64)30(7)18-12-15-21-50/h27-39H,12-26,50-52H2,1-11H3,(H2,53,63)(H,54,70)(H,55,64)(H,56,65)(H,57,68)(H,58,71)(H,59,72)(H,60,66)(H,61,67)(H,62,69). The second kappa shape index (κ2) is 35.7. The van der Waals surface area contributed by atoms with Gasteiger partial charge >= 0.3 is 0 Å². The number of rotatable bonds is 37. The molecule has 23 nitrogen and oxygen atoms in total. The molecule has 0 aromatic heterocycles. The lowest BCUT2D eigenvalue weighted by Crippen LogP contribution is -2.60. The molecule has 0 saturated heterocycles. The topological polar surface area (TPSA) is 383 Å². The van der Waals surface area contributed by atoms with Crippen molar-refractivity contribution in [3.8, 4) is 0 Å². The highest BCUT2D eigenvalue weighted by atomic mass is 16.2. The molecule has 0 aliphatic rings. The van der Waals surface area contributed by atoms with Gasteiger partial charge in [0.25, 0.3) is 0 Å². The predicted octanol–water partition coefficient (Wildman–Crippen LogP) is -0.924. The van der Waals surface area contributed by atoms with Gasteiger partial charge in [0.2, 0.25) is 59.1 Å². The van der Waals surface area contributed by atoms with Crippen molar-refractivity contribution in [1.29, 1.82) is 0 Å². The number of nitrogens with two attached hydrogens (primary N) is 4. The molecule has 0 heterocycles. The number of nitrogens with one attached hydrogen (secondary N) is 9. The van der Waals surface area contributed by atoms with Crippen molar-refractivity contribution in [2.45, 2.75) is 208 Å². The summed E-state index contributed by atoms with van der Waals surface area (Å²) in [5, 5.41) is 23.9. The zero-order valence-electron chi connectivity index (χ0n) is 45.0. The number of hydrogen-bond acceptors (Lipinski definition) is 13. The van der Waals surface area contributed by atoms with Crippen LogP contribution >= 0.6 is 0 Å². The molecule has 0 saturated carbocycles. The van der Waals surface area contributed by atoms with E-state index in [1.54, 1.807) is 6.92 Å². The van der Waals surface area contributed by atoms with E-state index in [1.165, 1.54) is 27.7 Å². The van der Waals surface area contributed by atoms with E-state index in [1.807, 2.05) is 41.5 Å².